The molecule has 0 fully saturated rings. The maximum absolute atomic E-state index is 12.6. The summed E-state index contributed by atoms with van der Waals surface area (Å²) >= 11 is 0. The molecular weight excluding hydrogens is 263 g/mol. The first kappa shape index (κ1) is 15.3. The van der Waals surface area contributed by atoms with Crippen LogP contribution in [0.3, 0.4) is 0 Å². The van der Waals surface area contributed by atoms with Crippen LogP contribution in [-0.4, -0.2) is 36.3 Å². The van der Waals surface area contributed by atoms with Crippen LogP contribution in [0.4, 0.5) is 24.8 Å². The third-order valence-electron chi connectivity index (χ3n) is 2.29. The molecule has 9 heteroatoms. The normalized spacial score (nSPS) is 11.3. The Kier molecular flexibility index (Phi) is 5.16. The molecule has 0 saturated carbocycles. The number of aromatic nitrogens is 2. The molecule has 1 heterocycles. The molecule has 0 spiro atoms. The Morgan fingerprint density at radius 1 is 1.42 bits per heavy atom. The van der Waals surface area contributed by atoms with Crippen LogP contribution in [0.2, 0.25) is 0 Å². The Morgan fingerprint density at radius 3 is 2.58 bits per heavy atom. The van der Waals surface area contributed by atoms with Crippen LogP contribution in [0.15, 0.2) is 6.33 Å². The number of hydrazine groups is 1. The molecule has 1 aromatic heterocycles. The quantitative estimate of drug-likeness (QED) is 0.608. The number of rotatable bonds is 6. The first-order valence-corrected chi connectivity index (χ1v) is 5.60. The second-order valence-corrected chi connectivity index (χ2v) is 3.76. The van der Waals surface area contributed by atoms with E-state index in [9.17, 15) is 13.2 Å². The van der Waals surface area contributed by atoms with Crippen molar-refractivity contribution in [1.82, 2.24) is 9.97 Å². The van der Waals surface area contributed by atoms with Crippen molar-refractivity contribution in [3.63, 3.8) is 0 Å². The zero-order chi connectivity index (χ0) is 14.5. The Morgan fingerprint density at radius 2 is 2.11 bits per heavy atom. The van der Waals surface area contributed by atoms with Crippen molar-refractivity contribution in [1.29, 1.82) is 0 Å². The van der Waals surface area contributed by atoms with Gasteiger partial charge in [-0.25, -0.2) is 15.8 Å². The van der Waals surface area contributed by atoms with Gasteiger partial charge >= 0.3 is 6.18 Å². The lowest BCUT2D eigenvalue weighted by molar-refractivity contribution is -0.119. The smallest absolute Gasteiger partial charge is 0.405 e. The molecule has 0 saturated heterocycles. The second-order valence-electron chi connectivity index (χ2n) is 3.76. The van der Waals surface area contributed by atoms with E-state index in [1.165, 1.54) is 7.11 Å². The topological polar surface area (TPSA) is 76.3 Å². The van der Waals surface area contributed by atoms with E-state index in [2.05, 4.69) is 15.4 Å². The molecule has 6 nitrogen and oxygen atoms in total. The van der Waals surface area contributed by atoms with Crippen molar-refractivity contribution in [2.75, 3.05) is 30.5 Å². The molecule has 1 aromatic rings. The molecule has 19 heavy (non-hydrogen) atoms. The zero-order valence-electron chi connectivity index (χ0n) is 10.7. The van der Waals surface area contributed by atoms with E-state index >= 15 is 0 Å². The van der Waals surface area contributed by atoms with Crippen molar-refractivity contribution in [3.05, 3.63) is 6.33 Å². The van der Waals surface area contributed by atoms with Crippen LogP contribution in [0.1, 0.15) is 13.3 Å². The van der Waals surface area contributed by atoms with Crippen molar-refractivity contribution in [3.8, 4) is 5.75 Å². The highest BCUT2D eigenvalue weighted by molar-refractivity contribution is 5.64. The number of nitrogens with two attached hydrogens (primary N) is 1. The molecule has 0 aromatic carbocycles. The van der Waals surface area contributed by atoms with E-state index in [0.29, 0.717) is 6.42 Å². The molecule has 0 amide bonds. The maximum Gasteiger partial charge on any atom is 0.405 e. The molecule has 0 aliphatic carbocycles. The molecular formula is C10H16F3N5O. The fourth-order valence-electron chi connectivity index (χ4n) is 1.63. The van der Waals surface area contributed by atoms with E-state index in [-0.39, 0.29) is 23.9 Å². The third-order valence-corrected chi connectivity index (χ3v) is 2.29. The van der Waals surface area contributed by atoms with Gasteiger partial charge in [0, 0.05) is 6.54 Å². The van der Waals surface area contributed by atoms with Crippen LogP contribution in [0, 0.1) is 0 Å². The van der Waals surface area contributed by atoms with Crippen LogP contribution in [-0.2, 0) is 0 Å². The highest BCUT2D eigenvalue weighted by atomic mass is 19.4. The van der Waals surface area contributed by atoms with E-state index < -0.39 is 12.7 Å². The van der Waals surface area contributed by atoms with Gasteiger partial charge in [-0.2, -0.15) is 13.2 Å². The first-order valence-electron chi connectivity index (χ1n) is 5.60. The molecule has 0 radical (unpaired) electrons. The molecule has 3 N–H and O–H groups in total. The minimum atomic E-state index is -4.33. The molecule has 0 atom stereocenters. The molecule has 0 unspecified atom stereocenters. The number of anilines is 2. The van der Waals surface area contributed by atoms with Crippen LogP contribution < -0.4 is 20.9 Å². The number of nitrogens with zero attached hydrogens (tertiary/aromatic N) is 3. The SMILES string of the molecule is CCCN(CC(F)(F)F)c1ncnc(NN)c1OC. The monoisotopic (exact) mass is 279 g/mol. The summed E-state index contributed by atoms with van der Waals surface area (Å²) in [6, 6.07) is 0. The average molecular weight is 279 g/mol. The van der Waals surface area contributed by atoms with Gasteiger partial charge in [-0.3, -0.25) is 0 Å². The lowest BCUT2D eigenvalue weighted by atomic mass is 10.3. The summed E-state index contributed by atoms with van der Waals surface area (Å²) in [6.07, 6.45) is -2.66. The summed E-state index contributed by atoms with van der Waals surface area (Å²) in [7, 11) is 1.32. The van der Waals surface area contributed by atoms with Crippen molar-refractivity contribution in [2.24, 2.45) is 5.84 Å². The number of hydrogen-bond donors (Lipinski definition) is 2. The summed E-state index contributed by atoms with van der Waals surface area (Å²) in [5.41, 5.74) is 2.26. The third kappa shape index (κ3) is 4.12. The molecule has 108 valence electrons. The van der Waals surface area contributed by atoms with E-state index in [4.69, 9.17) is 10.6 Å². The predicted molar refractivity (Wildman–Crippen MR) is 65.0 cm³/mol. The van der Waals surface area contributed by atoms with Gasteiger partial charge in [-0.15, -0.1) is 0 Å². The lowest BCUT2D eigenvalue weighted by Gasteiger charge is -2.26. The number of nitrogens with one attached hydrogen (secondary N) is 1. The number of alkyl halides is 3. The second kappa shape index (κ2) is 6.41. The number of nitrogen functional groups attached to an aromatic ring is 1. The summed E-state index contributed by atoms with van der Waals surface area (Å²) < 4.78 is 42.7. The number of hydrogen-bond acceptors (Lipinski definition) is 6. The summed E-state index contributed by atoms with van der Waals surface area (Å²) in [5, 5.41) is 0. The van der Waals surface area contributed by atoms with Gasteiger partial charge in [0.2, 0.25) is 5.75 Å². The van der Waals surface area contributed by atoms with Crippen molar-refractivity contribution in [2.45, 2.75) is 19.5 Å². The van der Waals surface area contributed by atoms with Gasteiger partial charge in [0.05, 0.1) is 7.11 Å². The molecule has 0 bridgehead atoms. The van der Waals surface area contributed by atoms with Crippen LogP contribution >= 0.6 is 0 Å². The van der Waals surface area contributed by atoms with Crippen LogP contribution in [0.5, 0.6) is 5.75 Å². The summed E-state index contributed by atoms with van der Waals surface area (Å²) in [4.78, 5) is 8.73. The lowest BCUT2D eigenvalue weighted by Crippen LogP contribution is -2.35. The molecule has 0 aliphatic rings. The fourth-order valence-corrected chi connectivity index (χ4v) is 1.63. The van der Waals surface area contributed by atoms with Gasteiger partial charge in [0.15, 0.2) is 11.6 Å². The Balaban J connectivity index is 3.14. The number of methoxy groups -OCH3 is 1. The number of halogens is 3. The predicted octanol–water partition coefficient (Wildman–Crippen LogP) is 1.55. The average Bonchev–Trinajstić information content (AvgIpc) is 2.35. The standard InChI is InChI=1S/C10H16F3N5O/c1-3-4-18(5-10(11,12)13)9-7(19-2)8(17-14)15-6-16-9/h6H,3-5,14H2,1-2H3,(H,15,16,17). The number of ether oxygens (including phenoxy) is 1. The Bertz CT molecular complexity index is 413. The van der Waals surface area contributed by atoms with Crippen molar-refractivity contribution >= 4 is 11.6 Å². The van der Waals surface area contributed by atoms with Gasteiger partial charge in [0.1, 0.15) is 12.9 Å². The highest BCUT2D eigenvalue weighted by Crippen LogP contribution is 2.33. The Hall–Kier alpha value is -1.77. The van der Waals surface area contributed by atoms with Crippen LogP contribution in [0.25, 0.3) is 0 Å². The van der Waals surface area contributed by atoms with Gasteiger partial charge in [-0.05, 0) is 6.42 Å². The molecule has 1 rings (SSSR count). The minimum absolute atomic E-state index is 0.0598. The largest absolute Gasteiger partial charge is 0.490 e. The zero-order valence-corrected chi connectivity index (χ0v) is 10.7. The Labute approximate surface area is 108 Å². The maximum atomic E-state index is 12.6. The van der Waals surface area contributed by atoms with E-state index in [1.807, 2.05) is 0 Å². The highest BCUT2D eigenvalue weighted by Gasteiger charge is 2.32. The minimum Gasteiger partial charge on any atom is -0.490 e. The summed E-state index contributed by atoms with van der Waals surface area (Å²) in [5.74, 6) is 5.52. The van der Waals surface area contributed by atoms with Gasteiger partial charge in [-0.1, -0.05) is 6.92 Å². The first-order chi connectivity index (χ1) is 8.92. The summed E-state index contributed by atoms with van der Waals surface area (Å²) in [6.45, 7) is 0.855. The van der Waals surface area contributed by atoms with Gasteiger partial charge < -0.3 is 15.1 Å². The molecule has 0 aliphatic heterocycles. The fraction of sp³-hybridized carbons (Fsp3) is 0.600. The van der Waals surface area contributed by atoms with E-state index in [1.54, 1.807) is 6.92 Å². The van der Waals surface area contributed by atoms with Gasteiger partial charge in [0.25, 0.3) is 0 Å². The van der Waals surface area contributed by atoms with E-state index in [0.717, 1.165) is 11.2 Å². The van der Waals surface area contributed by atoms with Crippen molar-refractivity contribution < 1.29 is 17.9 Å².